The fraction of sp³-hybridized carbons (Fsp3) is 0. The first kappa shape index (κ1) is 17.4. The van der Waals surface area contributed by atoms with Crippen LogP contribution in [-0.4, -0.2) is 9.85 Å². The fourth-order valence-corrected chi connectivity index (χ4v) is 3.21. The predicted octanol–water partition coefficient (Wildman–Crippen LogP) is 4.75. The standard InChI is InChI=1S/C18H11N2O5P/c21-19(22)14-6-1-4-12(10-14)16-8-3-9-17(26-25)18(16)13-5-2-7-15(11-13)20(23)24/h1-11H. The van der Waals surface area contributed by atoms with Crippen LogP contribution < -0.4 is 5.30 Å². The summed E-state index contributed by atoms with van der Waals surface area (Å²) in [7, 11) is -0.252. The molecule has 0 saturated carbocycles. The summed E-state index contributed by atoms with van der Waals surface area (Å²) in [5, 5.41) is 22.6. The molecular formula is C18H11N2O5P. The Morgan fingerprint density at radius 3 is 1.85 bits per heavy atom. The van der Waals surface area contributed by atoms with Gasteiger partial charge in [-0.25, -0.2) is 0 Å². The van der Waals surface area contributed by atoms with Gasteiger partial charge in [-0.1, -0.05) is 36.4 Å². The molecule has 0 aliphatic rings. The van der Waals surface area contributed by atoms with Crippen molar-refractivity contribution in [1.82, 2.24) is 0 Å². The lowest BCUT2D eigenvalue weighted by atomic mass is 9.94. The Kier molecular flexibility index (Phi) is 4.82. The molecule has 0 heterocycles. The van der Waals surface area contributed by atoms with Crippen molar-refractivity contribution >= 4 is 25.1 Å². The second kappa shape index (κ2) is 7.21. The van der Waals surface area contributed by atoms with E-state index in [1.807, 2.05) is 0 Å². The van der Waals surface area contributed by atoms with Gasteiger partial charge in [0.25, 0.3) is 11.4 Å². The lowest BCUT2D eigenvalue weighted by Crippen LogP contribution is -2.01. The molecule has 0 N–H and O–H groups in total. The summed E-state index contributed by atoms with van der Waals surface area (Å²) in [6.45, 7) is 0. The molecule has 3 rings (SSSR count). The maximum atomic E-state index is 11.6. The molecular weight excluding hydrogens is 355 g/mol. The SMILES string of the molecule is O=Pc1cccc(-c2cccc([N+](=O)[O-])c2)c1-c1cccc([N+](=O)[O-])c1. The first-order valence-electron chi connectivity index (χ1n) is 7.47. The van der Waals surface area contributed by atoms with E-state index < -0.39 is 9.85 Å². The Balaban J connectivity index is 2.27. The molecule has 0 bridgehead atoms. The molecule has 0 aliphatic carbocycles. The predicted molar refractivity (Wildman–Crippen MR) is 97.9 cm³/mol. The number of nitro groups is 2. The van der Waals surface area contributed by atoms with Gasteiger partial charge in [0, 0.05) is 29.8 Å². The number of benzene rings is 3. The first-order chi connectivity index (χ1) is 12.5. The molecule has 0 fully saturated rings. The van der Waals surface area contributed by atoms with Gasteiger partial charge in [-0.05, 0) is 22.8 Å². The zero-order valence-corrected chi connectivity index (χ0v) is 14.1. The van der Waals surface area contributed by atoms with E-state index >= 15 is 0 Å². The van der Waals surface area contributed by atoms with Gasteiger partial charge in [-0.15, -0.1) is 0 Å². The van der Waals surface area contributed by atoms with Crippen LogP contribution in [0.15, 0.2) is 66.7 Å². The van der Waals surface area contributed by atoms with Gasteiger partial charge in [-0.3, -0.25) is 24.8 Å². The number of rotatable bonds is 5. The highest BCUT2D eigenvalue weighted by atomic mass is 31.1. The molecule has 0 aromatic heterocycles. The quantitative estimate of drug-likeness (QED) is 0.368. The number of hydrogen-bond acceptors (Lipinski definition) is 5. The summed E-state index contributed by atoms with van der Waals surface area (Å²) in [5.74, 6) is 0. The van der Waals surface area contributed by atoms with Crippen molar-refractivity contribution in [1.29, 1.82) is 0 Å². The van der Waals surface area contributed by atoms with Crippen molar-refractivity contribution in [2.45, 2.75) is 0 Å². The van der Waals surface area contributed by atoms with Crippen LogP contribution in [0.25, 0.3) is 22.3 Å². The van der Waals surface area contributed by atoms with Gasteiger partial charge in [0.2, 0.25) is 0 Å². The third kappa shape index (κ3) is 3.34. The molecule has 0 aliphatic heterocycles. The van der Waals surface area contributed by atoms with E-state index in [0.29, 0.717) is 27.6 Å². The van der Waals surface area contributed by atoms with Crippen LogP contribution >= 0.6 is 8.46 Å². The van der Waals surface area contributed by atoms with E-state index in [9.17, 15) is 24.8 Å². The van der Waals surface area contributed by atoms with E-state index in [1.165, 1.54) is 24.3 Å². The monoisotopic (exact) mass is 366 g/mol. The molecule has 128 valence electrons. The lowest BCUT2D eigenvalue weighted by Gasteiger charge is -2.12. The molecule has 0 saturated heterocycles. The zero-order chi connectivity index (χ0) is 18.7. The van der Waals surface area contributed by atoms with Crippen LogP contribution in [0.1, 0.15) is 0 Å². The Morgan fingerprint density at radius 2 is 1.27 bits per heavy atom. The summed E-state index contributed by atoms with van der Waals surface area (Å²) in [5.41, 5.74) is 2.05. The van der Waals surface area contributed by atoms with Crippen molar-refractivity contribution in [3.05, 3.63) is 87.0 Å². The van der Waals surface area contributed by atoms with Gasteiger partial charge in [0.05, 0.1) is 15.2 Å². The molecule has 7 nitrogen and oxygen atoms in total. The van der Waals surface area contributed by atoms with Gasteiger partial charge in [0.1, 0.15) is 0 Å². The van der Waals surface area contributed by atoms with Crippen molar-refractivity contribution in [3.63, 3.8) is 0 Å². The van der Waals surface area contributed by atoms with Gasteiger partial charge in [0.15, 0.2) is 8.46 Å². The van der Waals surface area contributed by atoms with Crippen LogP contribution in [0.5, 0.6) is 0 Å². The smallest absolute Gasteiger partial charge is 0.269 e. The van der Waals surface area contributed by atoms with E-state index in [4.69, 9.17) is 0 Å². The van der Waals surface area contributed by atoms with E-state index in [0.717, 1.165) is 0 Å². The minimum Gasteiger partial charge on any atom is -0.269 e. The number of hydrogen-bond donors (Lipinski definition) is 0. The molecule has 0 radical (unpaired) electrons. The highest BCUT2D eigenvalue weighted by Crippen LogP contribution is 2.35. The van der Waals surface area contributed by atoms with Crippen molar-refractivity contribution in [3.8, 4) is 22.3 Å². The van der Waals surface area contributed by atoms with Gasteiger partial charge >= 0.3 is 0 Å². The summed E-state index contributed by atoms with van der Waals surface area (Å²) in [6.07, 6.45) is 0. The fourth-order valence-electron chi connectivity index (χ4n) is 2.72. The molecule has 0 unspecified atom stereocenters. The Morgan fingerprint density at radius 1 is 0.731 bits per heavy atom. The maximum absolute atomic E-state index is 11.6. The summed E-state index contributed by atoms with van der Waals surface area (Å²) < 4.78 is 11.6. The van der Waals surface area contributed by atoms with E-state index in [2.05, 4.69) is 0 Å². The third-order valence-corrected chi connectivity index (χ3v) is 4.42. The minimum absolute atomic E-state index is 0.0717. The Labute approximate surface area is 149 Å². The Hall–Kier alpha value is -3.44. The van der Waals surface area contributed by atoms with Crippen LogP contribution in [0.2, 0.25) is 0 Å². The summed E-state index contributed by atoms with van der Waals surface area (Å²) in [6, 6.07) is 17.1. The molecule has 0 atom stereocenters. The third-order valence-electron chi connectivity index (χ3n) is 3.85. The maximum Gasteiger partial charge on any atom is 0.270 e. The number of non-ortho nitro benzene ring substituents is 2. The largest absolute Gasteiger partial charge is 0.270 e. The summed E-state index contributed by atoms with van der Waals surface area (Å²) in [4.78, 5) is 21.1. The van der Waals surface area contributed by atoms with E-state index in [-0.39, 0.29) is 19.8 Å². The lowest BCUT2D eigenvalue weighted by molar-refractivity contribution is -0.385. The van der Waals surface area contributed by atoms with Crippen LogP contribution in [0, 0.1) is 20.2 Å². The van der Waals surface area contributed by atoms with Crippen LogP contribution in [0.4, 0.5) is 11.4 Å². The normalized spacial score (nSPS) is 10.6. The molecule has 8 heteroatoms. The zero-order valence-electron chi connectivity index (χ0n) is 13.2. The average Bonchev–Trinajstić information content (AvgIpc) is 2.67. The highest BCUT2D eigenvalue weighted by Gasteiger charge is 2.17. The molecule has 0 amide bonds. The average molecular weight is 366 g/mol. The van der Waals surface area contributed by atoms with Crippen molar-refractivity contribution in [2.24, 2.45) is 0 Å². The van der Waals surface area contributed by atoms with E-state index in [1.54, 1.807) is 42.5 Å². The van der Waals surface area contributed by atoms with Crippen LogP contribution in [0.3, 0.4) is 0 Å². The first-order valence-corrected chi connectivity index (χ1v) is 8.28. The summed E-state index contributed by atoms with van der Waals surface area (Å²) >= 11 is 0. The highest BCUT2D eigenvalue weighted by molar-refractivity contribution is 7.34. The van der Waals surface area contributed by atoms with Gasteiger partial charge < -0.3 is 0 Å². The second-order valence-electron chi connectivity index (χ2n) is 5.41. The molecule has 3 aromatic rings. The number of nitro benzene ring substituents is 2. The van der Waals surface area contributed by atoms with Crippen LogP contribution in [-0.2, 0) is 4.57 Å². The molecule has 26 heavy (non-hydrogen) atoms. The van der Waals surface area contributed by atoms with Crippen molar-refractivity contribution < 1.29 is 14.4 Å². The minimum atomic E-state index is -0.506. The van der Waals surface area contributed by atoms with Crippen molar-refractivity contribution in [2.75, 3.05) is 0 Å². The van der Waals surface area contributed by atoms with Gasteiger partial charge in [-0.2, -0.15) is 0 Å². The second-order valence-corrected chi connectivity index (χ2v) is 6.07. The molecule has 3 aromatic carbocycles. The molecule has 0 spiro atoms. The number of nitrogens with zero attached hydrogens (tertiary/aromatic N) is 2. The topological polar surface area (TPSA) is 103 Å². The Bertz CT molecular complexity index is 1040.